The number of hydrogen-bond acceptors (Lipinski definition) is 9. The molecule has 17 heavy (non-hydrogen) atoms. The molecule has 0 heterocycles. The molecule has 0 aromatic heterocycles. The first-order valence-electron chi connectivity index (χ1n) is 2.63. The van der Waals surface area contributed by atoms with Gasteiger partial charge in [0.15, 0.2) is 0 Å². The van der Waals surface area contributed by atoms with Crippen LogP contribution in [0.4, 0.5) is 0 Å². The van der Waals surface area contributed by atoms with Crippen molar-refractivity contribution in [1.82, 2.24) is 0 Å². The van der Waals surface area contributed by atoms with E-state index < -0.39 is 19.3 Å². The summed E-state index contributed by atoms with van der Waals surface area (Å²) < 4.78 is 6.99. The van der Waals surface area contributed by atoms with Crippen molar-refractivity contribution < 1.29 is 90.7 Å². The third-order valence-electron chi connectivity index (χ3n) is 0.443. The van der Waals surface area contributed by atoms with Crippen LogP contribution in [0.15, 0.2) is 0 Å². The molecule has 0 radical (unpaired) electrons. The van der Waals surface area contributed by atoms with E-state index in [4.69, 9.17) is 25.6 Å². The molecule has 0 aliphatic heterocycles. The van der Waals surface area contributed by atoms with Gasteiger partial charge in [0.2, 0.25) is 0 Å². The summed E-state index contributed by atoms with van der Waals surface area (Å²) in [6.45, 7) is 0. The summed E-state index contributed by atoms with van der Waals surface area (Å²) in [5.74, 6) is -3.02. The Hall–Kier alpha value is -0.343. The molecule has 0 spiro atoms. The minimum absolute atomic E-state index is 0. The molecule has 0 atom stereocenters. The van der Waals surface area contributed by atoms with Gasteiger partial charge >= 0.3 is 68.5 Å². The summed E-state index contributed by atoms with van der Waals surface area (Å²) in [5.41, 5.74) is 0. The zero-order valence-corrected chi connectivity index (χ0v) is 9.33. The minimum atomic E-state index is -2.92. The van der Waals surface area contributed by atoms with Crippen LogP contribution in [-0.4, -0.2) is 19.3 Å². The maximum absolute atomic E-state index is 10.1. The number of ether oxygens (including phenoxy) is 2. The standard InChI is InChI=1S/C4N2O4.BO3.3Li/c5-1-9-3(7)4(8)10-2-6;2-1(3)4;;;/q;-3;3*+1. The first-order chi connectivity index (χ1) is 6.45. The number of carbonyl (C=O) groups excluding carboxylic acids is 2. The zero-order valence-electron chi connectivity index (χ0n) is 9.33. The summed E-state index contributed by atoms with van der Waals surface area (Å²) >= 11 is 0. The fourth-order valence-corrected chi connectivity index (χ4v) is 0.166. The second-order valence-electron chi connectivity index (χ2n) is 1.25. The van der Waals surface area contributed by atoms with E-state index in [2.05, 4.69) is 9.47 Å². The molecule has 0 amide bonds. The van der Waals surface area contributed by atoms with Crippen molar-refractivity contribution in [2.24, 2.45) is 0 Å². The molecule has 0 fully saturated rings. The summed E-state index contributed by atoms with van der Waals surface area (Å²) in [5, 5.41) is 40.6. The van der Waals surface area contributed by atoms with Gasteiger partial charge in [-0.25, -0.2) is 9.59 Å². The van der Waals surface area contributed by atoms with E-state index in [0.717, 1.165) is 12.5 Å². The monoisotopic (exact) mass is 220 g/mol. The SMILES string of the molecule is N#COC(=O)C(=O)OC#N.[Li+].[Li+].[Li+].[O-]B([O-])[O-]. The number of hydrogen-bond donors (Lipinski definition) is 0. The Morgan fingerprint density at radius 2 is 1.06 bits per heavy atom. The number of esters is 2. The van der Waals surface area contributed by atoms with Crippen LogP contribution in [0.1, 0.15) is 0 Å². The van der Waals surface area contributed by atoms with E-state index in [1.54, 1.807) is 0 Å². The van der Waals surface area contributed by atoms with Gasteiger partial charge in [0.1, 0.15) is 0 Å². The van der Waals surface area contributed by atoms with Crippen LogP contribution in [0.25, 0.3) is 0 Å². The predicted molar refractivity (Wildman–Crippen MR) is 29.2 cm³/mol. The Morgan fingerprint density at radius 1 is 0.882 bits per heavy atom. The van der Waals surface area contributed by atoms with E-state index in [1.165, 1.54) is 0 Å². The summed E-state index contributed by atoms with van der Waals surface area (Å²) in [6.07, 6.45) is 1.89. The molecule has 0 unspecified atom stereocenters. The quantitative estimate of drug-likeness (QED) is 0.166. The molecule has 0 rings (SSSR count). The number of rotatable bonds is 0. The van der Waals surface area contributed by atoms with Gasteiger partial charge in [-0.15, -0.1) is 10.5 Å². The molecular weight excluding hydrogens is 220 g/mol. The molecular formula is C4BLi3N2O7. The van der Waals surface area contributed by atoms with Crippen molar-refractivity contribution >= 4 is 19.3 Å². The first kappa shape index (κ1) is 30.0. The second kappa shape index (κ2) is 21.0. The molecule has 0 N–H and O–H groups in total. The predicted octanol–water partition coefficient (Wildman–Crippen LogP) is -13.9. The topological polar surface area (TPSA) is 169 Å². The van der Waals surface area contributed by atoms with E-state index in [1.807, 2.05) is 0 Å². The van der Waals surface area contributed by atoms with Gasteiger partial charge in [-0.2, -0.15) is 0 Å². The van der Waals surface area contributed by atoms with E-state index in [9.17, 15) is 9.59 Å². The van der Waals surface area contributed by atoms with Gasteiger partial charge in [0.05, 0.1) is 0 Å². The summed E-state index contributed by atoms with van der Waals surface area (Å²) in [4.78, 5) is 20.1. The average Bonchev–Trinajstić information content (AvgIpc) is 2.04. The van der Waals surface area contributed by atoms with Crippen molar-refractivity contribution in [3.8, 4) is 12.5 Å². The van der Waals surface area contributed by atoms with Crippen molar-refractivity contribution in [3.05, 3.63) is 0 Å². The van der Waals surface area contributed by atoms with Crippen LogP contribution in [0, 0.1) is 23.0 Å². The fraction of sp³-hybridized carbons (Fsp3) is 0. The van der Waals surface area contributed by atoms with Crippen molar-refractivity contribution in [2.45, 2.75) is 0 Å². The van der Waals surface area contributed by atoms with Crippen LogP contribution in [0.5, 0.6) is 0 Å². The number of nitriles is 2. The fourth-order valence-electron chi connectivity index (χ4n) is 0.166. The number of carbonyl (C=O) groups is 2. The van der Waals surface area contributed by atoms with Gasteiger partial charge in [0.25, 0.3) is 12.5 Å². The van der Waals surface area contributed by atoms with Gasteiger partial charge in [-0.1, -0.05) is 0 Å². The maximum Gasteiger partial charge on any atom is 1.00 e. The molecule has 9 nitrogen and oxygen atoms in total. The van der Waals surface area contributed by atoms with Crippen molar-refractivity contribution in [2.75, 3.05) is 0 Å². The molecule has 13 heteroatoms. The minimum Gasteiger partial charge on any atom is -0.907 e. The molecule has 0 aliphatic rings. The van der Waals surface area contributed by atoms with Crippen LogP contribution >= 0.6 is 0 Å². The van der Waals surface area contributed by atoms with Crippen LogP contribution in [0.2, 0.25) is 0 Å². The molecule has 0 bridgehead atoms. The van der Waals surface area contributed by atoms with Crippen molar-refractivity contribution in [1.29, 1.82) is 10.5 Å². The van der Waals surface area contributed by atoms with Gasteiger partial charge in [0, 0.05) is 0 Å². The Morgan fingerprint density at radius 3 is 1.18 bits per heavy atom. The van der Waals surface area contributed by atoms with Crippen LogP contribution < -0.4 is 71.7 Å². The van der Waals surface area contributed by atoms with Gasteiger partial charge in [-0.05, 0) is 0 Å². The van der Waals surface area contributed by atoms with E-state index >= 15 is 0 Å². The molecule has 0 saturated heterocycles. The van der Waals surface area contributed by atoms with Gasteiger partial charge < -0.3 is 24.5 Å². The Kier molecular flexibility index (Phi) is 37.1. The second-order valence-corrected chi connectivity index (χ2v) is 1.25. The van der Waals surface area contributed by atoms with E-state index in [0.29, 0.717) is 0 Å². The first-order valence-corrected chi connectivity index (χ1v) is 2.63. The average molecular weight is 220 g/mol. The third kappa shape index (κ3) is 31.3. The molecule has 74 valence electrons. The van der Waals surface area contributed by atoms with Gasteiger partial charge in [-0.3, -0.25) is 7.32 Å². The number of nitrogens with zero attached hydrogens (tertiary/aromatic N) is 2. The Balaban J connectivity index is -0.0000000607. The largest absolute Gasteiger partial charge is 1.00 e. The Labute approximate surface area is 132 Å². The summed E-state index contributed by atoms with van der Waals surface area (Å²) in [6, 6.07) is 0. The van der Waals surface area contributed by atoms with Crippen LogP contribution in [-0.2, 0) is 19.1 Å². The molecule has 0 aliphatic carbocycles. The molecule has 0 aromatic carbocycles. The molecule has 0 aromatic rings. The zero-order chi connectivity index (χ0) is 11.6. The maximum atomic E-state index is 10.1. The molecule has 0 saturated carbocycles. The summed E-state index contributed by atoms with van der Waals surface area (Å²) in [7, 11) is -2.92. The van der Waals surface area contributed by atoms with E-state index in [-0.39, 0.29) is 56.6 Å². The van der Waals surface area contributed by atoms with Crippen LogP contribution in [0.3, 0.4) is 0 Å². The Bertz CT molecular complexity index is 259. The normalized spacial score (nSPS) is 5.47. The smallest absolute Gasteiger partial charge is 0.907 e. The van der Waals surface area contributed by atoms with Crippen molar-refractivity contribution in [3.63, 3.8) is 0 Å². The third-order valence-corrected chi connectivity index (χ3v) is 0.443.